The number of nitrogens with one attached hydrogen (secondary N) is 1. The van der Waals surface area contributed by atoms with Crippen LogP contribution >= 0.6 is 0 Å². The van der Waals surface area contributed by atoms with Crippen LogP contribution in [-0.4, -0.2) is 35.7 Å². The van der Waals surface area contributed by atoms with Crippen molar-refractivity contribution in [2.24, 2.45) is 0 Å². The van der Waals surface area contributed by atoms with Crippen LogP contribution in [0, 0.1) is 0 Å². The minimum atomic E-state index is -0.282. The summed E-state index contributed by atoms with van der Waals surface area (Å²) in [6.07, 6.45) is 3.93. The molecule has 0 bridgehead atoms. The molecule has 0 saturated heterocycles. The van der Waals surface area contributed by atoms with Crippen LogP contribution in [0.3, 0.4) is 0 Å². The molecular weight excluding hydrogens is 350 g/mol. The number of benzene rings is 2. The maximum absolute atomic E-state index is 12.7. The Morgan fingerprint density at radius 2 is 1.71 bits per heavy atom. The third kappa shape index (κ3) is 4.67. The van der Waals surface area contributed by atoms with Crippen LogP contribution in [0.4, 0.5) is 0 Å². The molecule has 0 aromatic heterocycles. The second-order valence-electron chi connectivity index (χ2n) is 7.37. The number of hydrogen-bond acceptors (Lipinski definition) is 3. The number of carbonyl (C=O) groups is 2. The Bertz CT molecular complexity index is 889. The van der Waals surface area contributed by atoms with Gasteiger partial charge in [0.2, 0.25) is 11.8 Å². The van der Waals surface area contributed by atoms with Gasteiger partial charge in [-0.25, -0.2) is 0 Å². The van der Waals surface area contributed by atoms with Crippen LogP contribution in [-0.2, 0) is 22.7 Å². The van der Waals surface area contributed by atoms with Crippen molar-refractivity contribution in [3.8, 4) is 0 Å². The zero-order valence-corrected chi connectivity index (χ0v) is 16.7. The van der Waals surface area contributed by atoms with E-state index >= 15 is 0 Å². The largest absolute Gasteiger partial charge is 0.352 e. The van der Waals surface area contributed by atoms with Gasteiger partial charge >= 0.3 is 0 Å². The predicted octanol–water partition coefficient (Wildman–Crippen LogP) is 3.33. The van der Waals surface area contributed by atoms with Crippen LogP contribution in [0.2, 0.25) is 0 Å². The summed E-state index contributed by atoms with van der Waals surface area (Å²) in [5.74, 6) is -0.138. The van der Waals surface area contributed by atoms with E-state index < -0.39 is 0 Å². The fourth-order valence-electron chi connectivity index (χ4n) is 3.58. The van der Waals surface area contributed by atoms with Gasteiger partial charge in [-0.05, 0) is 42.4 Å². The Hall–Kier alpha value is -2.92. The van der Waals surface area contributed by atoms with Gasteiger partial charge in [-0.15, -0.1) is 0 Å². The first-order valence-corrected chi connectivity index (χ1v) is 9.50. The van der Waals surface area contributed by atoms with Crippen molar-refractivity contribution >= 4 is 17.9 Å². The molecule has 2 amide bonds. The zero-order valence-electron chi connectivity index (χ0n) is 16.7. The van der Waals surface area contributed by atoms with Crippen LogP contribution in [0.5, 0.6) is 0 Å². The minimum absolute atomic E-state index is 0.0685. The molecule has 1 aliphatic heterocycles. The molecule has 5 heteroatoms. The molecule has 0 spiro atoms. The zero-order chi connectivity index (χ0) is 20.1. The van der Waals surface area contributed by atoms with Crippen molar-refractivity contribution < 1.29 is 9.59 Å². The van der Waals surface area contributed by atoms with E-state index in [1.807, 2.05) is 62.6 Å². The second-order valence-corrected chi connectivity index (χ2v) is 7.37. The first-order chi connectivity index (χ1) is 13.5. The van der Waals surface area contributed by atoms with Gasteiger partial charge in [-0.3, -0.25) is 9.59 Å². The number of rotatable bonds is 6. The molecule has 1 atom stereocenters. The van der Waals surface area contributed by atoms with Crippen molar-refractivity contribution in [3.63, 3.8) is 0 Å². The number of hydrogen-bond donors (Lipinski definition) is 1. The topological polar surface area (TPSA) is 52.7 Å². The number of amides is 2. The predicted molar refractivity (Wildman–Crippen MR) is 111 cm³/mol. The summed E-state index contributed by atoms with van der Waals surface area (Å²) in [5, 5.41) is 3.03. The highest BCUT2D eigenvalue weighted by Gasteiger charge is 2.28. The summed E-state index contributed by atoms with van der Waals surface area (Å²) < 4.78 is 0. The summed E-state index contributed by atoms with van der Waals surface area (Å²) in [6, 6.07) is 15.7. The van der Waals surface area contributed by atoms with E-state index in [4.69, 9.17) is 0 Å². The molecule has 2 aromatic rings. The van der Waals surface area contributed by atoms with Gasteiger partial charge in [0.1, 0.15) is 0 Å². The fourth-order valence-corrected chi connectivity index (χ4v) is 3.58. The number of nitrogens with zero attached hydrogens (tertiary/aromatic N) is 2. The van der Waals surface area contributed by atoms with Crippen molar-refractivity contribution in [1.82, 2.24) is 15.1 Å². The van der Waals surface area contributed by atoms with Gasteiger partial charge in [0.15, 0.2) is 0 Å². The highest BCUT2D eigenvalue weighted by atomic mass is 16.2. The van der Waals surface area contributed by atoms with E-state index in [-0.39, 0.29) is 24.3 Å². The Labute approximate surface area is 166 Å². The van der Waals surface area contributed by atoms with E-state index in [2.05, 4.69) is 16.3 Å². The first-order valence-electron chi connectivity index (χ1n) is 9.50. The molecule has 3 rings (SSSR count). The van der Waals surface area contributed by atoms with Crippen LogP contribution < -0.4 is 5.32 Å². The monoisotopic (exact) mass is 377 g/mol. The lowest BCUT2D eigenvalue weighted by atomic mass is 9.93. The molecule has 0 unspecified atom stereocenters. The molecule has 2 aromatic carbocycles. The van der Waals surface area contributed by atoms with E-state index in [1.165, 1.54) is 12.5 Å². The summed E-state index contributed by atoms with van der Waals surface area (Å²) >= 11 is 0. The third-order valence-corrected chi connectivity index (χ3v) is 4.93. The lowest BCUT2D eigenvalue weighted by Gasteiger charge is -2.32. The van der Waals surface area contributed by atoms with Gasteiger partial charge < -0.3 is 15.1 Å². The van der Waals surface area contributed by atoms with Crippen LogP contribution in [0.15, 0.2) is 54.7 Å². The smallest absolute Gasteiger partial charge is 0.223 e. The fraction of sp³-hybridized carbons (Fsp3) is 0.304. The second kappa shape index (κ2) is 8.85. The van der Waals surface area contributed by atoms with E-state index in [1.54, 1.807) is 11.1 Å². The van der Waals surface area contributed by atoms with Gasteiger partial charge in [0.25, 0.3) is 0 Å². The average molecular weight is 377 g/mol. The summed E-state index contributed by atoms with van der Waals surface area (Å²) in [5.41, 5.74) is 4.36. The SMILES string of the molecule is CC(=O)N1C=Cc2ccccc2[C@@H]1CC(=O)NCc1ccccc1CN(C)C. The quantitative estimate of drug-likeness (QED) is 0.840. The molecule has 5 nitrogen and oxygen atoms in total. The highest BCUT2D eigenvalue weighted by molar-refractivity contribution is 5.81. The number of carbonyl (C=O) groups excluding carboxylic acids is 2. The van der Waals surface area contributed by atoms with Crippen molar-refractivity contribution in [1.29, 1.82) is 0 Å². The van der Waals surface area contributed by atoms with Crippen molar-refractivity contribution in [3.05, 3.63) is 77.0 Å². The van der Waals surface area contributed by atoms with Gasteiger partial charge in [0, 0.05) is 26.2 Å². The maximum Gasteiger partial charge on any atom is 0.223 e. The average Bonchev–Trinajstić information content (AvgIpc) is 2.67. The maximum atomic E-state index is 12.7. The molecule has 0 saturated carbocycles. The Morgan fingerprint density at radius 1 is 1.04 bits per heavy atom. The minimum Gasteiger partial charge on any atom is -0.352 e. The first kappa shape index (κ1) is 19.8. The molecule has 146 valence electrons. The Kier molecular flexibility index (Phi) is 6.26. The van der Waals surface area contributed by atoms with Crippen molar-refractivity contribution in [2.75, 3.05) is 14.1 Å². The van der Waals surface area contributed by atoms with Crippen molar-refractivity contribution in [2.45, 2.75) is 32.5 Å². The van der Waals surface area contributed by atoms with Crippen LogP contribution in [0.25, 0.3) is 6.08 Å². The van der Waals surface area contributed by atoms with Gasteiger partial charge in [-0.2, -0.15) is 0 Å². The molecule has 1 heterocycles. The van der Waals surface area contributed by atoms with Gasteiger partial charge in [-0.1, -0.05) is 48.5 Å². The Morgan fingerprint density at radius 3 is 2.43 bits per heavy atom. The lowest BCUT2D eigenvalue weighted by molar-refractivity contribution is -0.130. The summed E-state index contributed by atoms with van der Waals surface area (Å²) in [7, 11) is 4.06. The van der Waals surface area contributed by atoms with Gasteiger partial charge in [0.05, 0.1) is 12.5 Å². The normalized spacial score (nSPS) is 15.4. The van der Waals surface area contributed by atoms with E-state index in [0.717, 1.165) is 23.2 Å². The number of fused-ring (bicyclic) bond motifs is 1. The van der Waals surface area contributed by atoms with E-state index in [0.29, 0.717) is 6.54 Å². The Balaban J connectivity index is 1.70. The molecule has 1 aliphatic rings. The lowest BCUT2D eigenvalue weighted by Crippen LogP contribution is -2.35. The molecule has 0 aliphatic carbocycles. The molecule has 28 heavy (non-hydrogen) atoms. The van der Waals surface area contributed by atoms with E-state index in [9.17, 15) is 9.59 Å². The van der Waals surface area contributed by atoms with Crippen LogP contribution in [0.1, 0.15) is 41.6 Å². The third-order valence-electron chi connectivity index (χ3n) is 4.93. The molecule has 0 fully saturated rings. The molecule has 0 radical (unpaired) electrons. The molecular formula is C23H27N3O2. The standard InChI is InChI=1S/C23H27N3O2/c1-17(27)26-13-12-18-8-6-7-11-21(18)22(26)14-23(28)24-15-19-9-4-5-10-20(19)16-25(2)3/h4-13,22H,14-16H2,1-3H3,(H,24,28)/t22-/m0/s1. The molecule has 1 N–H and O–H groups in total. The summed E-state index contributed by atoms with van der Waals surface area (Å²) in [6.45, 7) is 2.83. The highest BCUT2D eigenvalue weighted by Crippen LogP contribution is 2.32. The summed E-state index contributed by atoms with van der Waals surface area (Å²) in [4.78, 5) is 28.5.